The second kappa shape index (κ2) is 7.27. The van der Waals surface area contributed by atoms with E-state index in [4.69, 9.17) is 26.2 Å². The van der Waals surface area contributed by atoms with Crippen LogP contribution >= 0.6 is 11.6 Å². The van der Waals surface area contributed by atoms with Crippen molar-refractivity contribution in [1.82, 2.24) is 0 Å². The summed E-state index contributed by atoms with van der Waals surface area (Å²) >= 11 is 6.25. The summed E-state index contributed by atoms with van der Waals surface area (Å²) in [5.41, 5.74) is 0.986. The molecule has 2 aliphatic rings. The normalized spacial score (nSPS) is 26.2. The Labute approximate surface area is 147 Å². The van der Waals surface area contributed by atoms with E-state index in [9.17, 15) is 8.42 Å². The highest BCUT2D eigenvalue weighted by Gasteiger charge is 2.48. The van der Waals surface area contributed by atoms with E-state index in [1.54, 1.807) is 0 Å². The minimum absolute atomic E-state index is 0.0258. The van der Waals surface area contributed by atoms with Crippen LogP contribution in [-0.4, -0.2) is 33.0 Å². The molecule has 134 valence electrons. The highest BCUT2D eigenvalue weighted by Crippen LogP contribution is 2.43. The van der Waals surface area contributed by atoms with Crippen LogP contribution in [0.3, 0.4) is 0 Å². The first kappa shape index (κ1) is 18.1. The van der Waals surface area contributed by atoms with Crippen molar-refractivity contribution >= 4 is 21.9 Å². The van der Waals surface area contributed by atoms with Gasteiger partial charge >= 0.3 is 10.3 Å². The predicted octanol–water partition coefficient (Wildman–Crippen LogP) is 2.55. The molecule has 1 aromatic carbocycles. The standard InChI is InChI=1S/C16H22ClNO5S/c17-13-6-2-1-5-12(13)11-15-14(7-10-21-24(18,19)20)22-16(23-15)8-3-4-9-16/h1-2,5-6,14-15H,3-4,7-11H2,(H2,18,19,20)/t14-,15-/m0/s1. The second-order valence-corrected chi connectivity index (χ2v) is 7.96. The fraction of sp³-hybridized carbons (Fsp3) is 0.625. The van der Waals surface area contributed by atoms with Gasteiger partial charge in [0.2, 0.25) is 0 Å². The molecule has 0 unspecified atom stereocenters. The van der Waals surface area contributed by atoms with Gasteiger partial charge in [0.25, 0.3) is 0 Å². The summed E-state index contributed by atoms with van der Waals surface area (Å²) in [6.45, 7) is -0.0258. The molecule has 1 spiro atoms. The topological polar surface area (TPSA) is 87.9 Å². The Morgan fingerprint density at radius 3 is 2.54 bits per heavy atom. The molecule has 0 bridgehead atoms. The Hall–Kier alpha value is -0.700. The van der Waals surface area contributed by atoms with Gasteiger partial charge in [-0.15, -0.1) is 0 Å². The van der Waals surface area contributed by atoms with E-state index >= 15 is 0 Å². The monoisotopic (exact) mass is 375 g/mol. The Morgan fingerprint density at radius 2 is 1.88 bits per heavy atom. The van der Waals surface area contributed by atoms with Gasteiger partial charge in [0.05, 0.1) is 18.8 Å². The van der Waals surface area contributed by atoms with Gasteiger partial charge < -0.3 is 9.47 Å². The lowest BCUT2D eigenvalue weighted by Crippen LogP contribution is -2.27. The molecule has 1 heterocycles. The molecule has 0 radical (unpaired) electrons. The van der Waals surface area contributed by atoms with Crippen LogP contribution in [-0.2, 0) is 30.4 Å². The lowest BCUT2D eigenvalue weighted by molar-refractivity contribution is -0.169. The Balaban J connectivity index is 1.69. The summed E-state index contributed by atoms with van der Waals surface area (Å²) in [5.74, 6) is -0.543. The molecular formula is C16H22ClNO5S. The van der Waals surface area contributed by atoms with Crippen molar-refractivity contribution in [3.8, 4) is 0 Å². The summed E-state index contributed by atoms with van der Waals surface area (Å²) in [7, 11) is -3.94. The van der Waals surface area contributed by atoms with Crippen LogP contribution in [0, 0.1) is 0 Å². The Morgan fingerprint density at radius 1 is 1.21 bits per heavy atom. The van der Waals surface area contributed by atoms with Gasteiger partial charge in [0, 0.05) is 30.7 Å². The summed E-state index contributed by atoms with van der Waals surface area (Å²) in [5, 5.41) is 5.56. The number of halogens is 1. The van der Waals surface area contributed by atoms with Crippen LogP contribution in [0.15, 0.2) is 24.3 Å². The quantitative estimate of drug-likeness (QED) is 0.825. The van der Waals surface area contributed by atoms with E-state index in [2.05, 4.69) is 4.18 Å². The smallest absolute Gasteiger partial charge is 0.333 e. The number of hydrogen-bond acceptors (Lipinski definition) is 5. The SMILES string of the molecule is NS(=O)(=O)OCC[C@@H]1OC2(CCCC2)O[C@H]1Cc1ccccc1Cl. The van der Waals surface area contributed by atoms with Gasteiger partial charge in [-0.2, -0.15) is 8.42 Å². The van der Waals surface area contributed by atoms with E-state index in [0.29, 0.717) is 17.9 Å². The molecule has 3 rings (SSSR count). The molecule has 1 aliphatic heterocycles. The van der Waals surface area contributed by atoms with Gasteiger partial charge in [-0.1, -0.05) is 29.8 Å². The van der Waals surface area contributed by atoms with E-state index in [1.165, 1.54) is 0 Å². The number of nitrogens with two attached hydrogens (primary N) is 1. The molecule has 2 N–H and O–H groups in total. The first-order chi connectivity index (χ1) is 11.4. The number of rotatable bonds is 6. The van der Waals surface area contributed by atoms with Gasteiger partial charge in [-0.05, 0) is 24.5 Å². The van der Waals surface area contributed by atoms with Gasteiger partial charge in [0.15, 0.2) is 5.79 Å². The summed E-state index contributed by atoms with van der Waals surface area (Å²) in [4.78, 5) is 0. The van der Waals surface area contributed by atoms with Gasteiger partial charge in [-0.25, -0.2) is 5.14 Å². The van der Waals surface area contributed by atoms with Crippen LogP contribution in [0.5, 0.6) is 0 Å². The van der Waals surface area contributed by atoms with Crippen molar-refractivity contribution in [2.45, 2.75) is 56.5 Å². The molecule has 0 aromatic heterocycles. The second-order valence-electron chi connectivity index (χ2n) is 6.33. The predicted molar refractivity (Wildman–Crippen MR) is 89.8 cm³/mol. The number of ether oxygens (including phenoxy) is 2. The lowest BCUT2D eigenvalue weighted by atomic mass is 10.0. The van der Waals surface area contributed by atoms with E-state index in [1.807, 2.05) is 24.3 Å². The Kier molecular flexibility index (Phi) is 5.48. The first-order valence-electron chi connectivity index (χ1n) is 8.13. The average Bonchev–Trinajstić information content (AvgIpc) is 3.08. The van der Waals surface area contributed by atoms with Crippen LogP contribution in [0.2, 0.25) is 5.02 Å². The maximum atomic E-state index is 10.9. The minimum Gasteiger partial charge on any atom is -0.344 e. The van der Waals surface area contributed by atoms with E-state index < -0.39 is 16.1 Å². The van der Waals surface area contributed by atoms with Crippen LogP contribution < -0.4 is 5.14 Å². The number of hydrogen-bond donors (Lipinski definition) is 1. The van der Waals surface area contributed by atoms with Crippen molar-refractivity contribution in [1.29, 1.82) is 0 Å². The summed E-state index contributed by atoms with van der Waals surface area (Å²) in [6.07, 6.45) is 4.43. The molecule has 2 atom stereocenters. The third-order valence-electron chi connectivity index (χ3n) is 4.54. The van der Waals surface area contributed by atoms with Crippen LogP contribution in [0.25, 0.3) is 0 Å². The zero-order chi connectivity index (χ0) is 17.2. The molecule has 8 heteroatoms. The highest BCUT2D eigenvalue weighted by atomic mass is 35.5. The summed E-state index contributed by atoms with van der Waals surface area (Å²) in [6, 6.07) is 7.62. The largest absolute Gasteiger partial charge is 0.344 e. The Bertz CT molecular complexity index is 675. The van der Waals surface area contributed by atoms with Crippen molar-refractivity contribution in [3.05, 3.63) is 34.9 Å². The van der Waals surface area contributed by atoms with E-state index in [0.717, 1.165) is 31.2 Å². The number of benzene rings is 1. The third-order valence-corrected chi connectivity index (χ3v) is 5.41. The zero-order valence-electron chi connectivity index (χ0n) is 13.3. The van der Waals surface area contributed by atoms with Crippen molar-refractivity contribution < 1.29 is 22.1 Å². The summed E-state index contributed by atoms with van der Waals surface area (Å²) < 4.78 is 38.9. The molecule has 24 heavy (non-hydrogen) atoms. The van der Waals surface area contributed by atoms with Crippen molar-refractivity contribution in [2.24, 2.45) is 5.14 Å². The molecule has 1 saturated heterocycles. The zero-order valence-corrected chi connectivity index (χ0v) is 14.9. The van der Waals surface area contributed by atoms with Gasteiger partial charge in [-0.3, -0.25) is 4.18 Å². The first-order valence-corrected chi connectivity index (χ1v) is 9.98. The average molecular weight is 376 g/mol. The van der Waals surface area contributed by atoms with Crippen molar-refractivity contribution in [3.63, 3.8) is 0 Å². The molecule has 2 fully saturated rings. The maximum absolute atomic E-state index is 10.9. The molecule has 1 aliphatic carbocycles. The van der Waals surface area contributed by atoms with Crippen LogP contribution in [0.4, 0.5) is 0 Å². The molecular weight excluding hydrogens is 354 g/mol. The molecule has 6 nitrogen and oxygen atoms in total. The van der Waals surface area contributed by atoms with Gasteiger partial charge in [0.1, 0.15) is 0 Å². The fourth-order valence-electron chi connectivity index (χ4n) is 3.46. The minimum atomic E-state index is -3.94. The molecule has 0 amide bonds. The highest BCUT2D eigenvalue weighted by molar-refractivity contribution is 7.84. The maximum Gasteiger partial charge on any atom is 0.333 e. The molecule has 1 saturated carbocycles. The molecule has 1 aromatic rings. The van der Waals surface area contributed by atoms with Crippen LogP contribution in [0.1, 0.15) is 37.7 Å². The lowest BCUT2D eigenvalue weighted by Gasteiger charge is -2.22. The fourth-order valence-corrected chi connectivity index (χ4v) is 4.00. The third kappa shape index (κ3) is 4.47. The van der Waals surface area contributed by atoms with E-state index in [-0.39, 0.29) is 18.8 Å². The van der Waals surface area contributed by atoms with Crippen molar-refractivity contribution in [2.75, 3.05) is 6.61 Å².